The Bertz CT molecular complexity index is 730. The number of nitrogens with one attached hydrogen (secondary N) is 1. The zero-order chi connectivity index (χ0) is 17.5. The molecule has 4 nitrogen and oxygen atoms in total. The molecule has 2 rings (SSSR count). The molecule has 6 heteroatoms. The van der Waals surface area contributed by atoms with E-state index in [1.54, 1.807) is 24.3 Å². The number of hydrogen-bond acceptors (Lipinski definition) is 2. The first-order chi connectivity index (χ1) is 11.5. The first-order valence-electron chi connectivity index (χ1n) is 7.53. The minimum Gasteiger partial charge on any atom is -0.481 e. The fourth-order valence-corrected chi connectivity index (χ4v) is 2.57. The van der Waals surface area contributed by atoms with E-state index in [4.69, 9.17) is 28.3 Å². The van der Waals surface area contributed by atoms with Crippen molar-refractivity contribution in [3.8, 4) is 11.1 Å². The molecule has 0 heterocycles. The van der Waals surface area contributed by atoms with Gasteiger partial charge in [-0.1, -0.05) is 41.4 Å². The van der Waals surface area contributed by atoms with Gasteiger partial charge in [0.1, 0.15) is 0 Å². The molecule has 0 aliphatic rings. The maximum Gasteiger partial charge on any atom is 0.303 e. The predicted molar refractivity (Wildman–Crippen MR) is 96.6 cm³/mol. The molecule has 0 aromatic heterocycles. The molecule has 0 bridgehead atoms. The largest absolute Gasteiger partial charge is 0.481 e. The summed E-state index contributed by atoms with van der Waals surface area (Å²) in [5, 5.41) is 12.6. The van der Waals surface area contributed by atoms with E-state index in [9.17, 15) is 9.59 Å². The van der Waals surface area contributed by atoms with E-state index in [1.165, 1.54) is 0 Å². The Balaban J connectivity index is 2.08. The molecule has 2 aromatic carbocycles. The number of carbonyl (C=O) groups is 2. The number of amides is 1. The monoisotopic (exact) mass is 365 g/mol. The van der Waals surface area contributed by atoms with Crippen LogP contribution in [0.25, 0.3) is 11.1 Å². The highest BCUT2D eigenvalue weighted by atomic mass is 35.5. The third-order valence-electron chi connectivity index (χ3n) is 3.46. The van der Waals surface area contributed by atoms with Crippen LogP contribution in [0.4, 0.5) is 5.69 Å². The molecule has 0 unspecified atom stereocenters. The van der Waals surface area contributed by atoms with Gasteiger partial charge < -0.3 is 10.4 Å². The van der Waals surface area contributed by atoms with E-state index >= 15 is 0 Å². The van der Waals surface area contributed by atoms with Crippen LogP contribution in [0.3, 0.4) is 0 Å². The molecule has 0 saturated carbocycles. The lowest BCUT2D eigenvalue weighted by molar-refractivity contribution is -0.137. The summed E-state index contributed by atoms with van der Waals surface area (Å²) in [5.41, 5.74) is 2.38. The molecule has 2 N–H and O–H groups in total. The quantitative estimate of drug-likeness (QED) is 0.658. The van der Waals surface area contributed by atoms with E-state index in [2.05, 4.69) is 5.32 Å². The van der Waals surface area contributed by atoms with Crippen molar-refractivity contribution in [3.05, 3.63) is 52.5 Å². The maximum absolute atomic E-state index is 12.1. The first kappa shape index (κ1) is 18.3. The van der Waals surface area contributed by atoms with Crippen molar-refractivity contribution in [2.75, 3.05) is 5.32 Å². The van der Waals surface area contributed by atoms with Crippen LogP contribution in [0.5, 0.6) is 0 Å². The number of anilines is 1. The average Bonchev–Trinajstić information content (AvgIpc) is 2.53. The van der Waals surface area contributed by atoms with E-state index in [0.717, 1.165) is 11.1 Å². The second kappa shape index (κ2) is 8.71. The molecule has 0 saturated heterocycles. The van der Waals surface area contributed by atoms with Gasteiger partial charge in [0.25, 0.3) is 0 Å². The highest BCUT2D eigenvalue weighted by molar-refractivity contribution is 6.31. The summed E-state index contributed by atoms with van der Waals surface area (Å²) in [4.78, 5) is 22.6. The summed E-state index contributed by atoms with van der Waals surface area (Å²) >= 11 is 11.9. The highest BCUT2D eigenvalue weighted by Gasteiger charge is 2.10. The zero-order valence-electron chi connectivity index (χ0n) is 12.9. The second-order valence-electron chi connectivity index (χ2n) is 5.35. The molecule has 0 spiro atoms. The van der Waals surface area contributed by atoms with Gasteiger partial charge in [0.2, 0.25) is 5.91 Å². The number of carboxylic acids is 1. The van der Waals surface area contributed by atoms with Gasteiger partial charge in [-0.2, -0.15) is 0 Å². The molecule has 0 atom stereocenters. The van der Waals surface area contributed by atoms with Gasteiger partial charge >= 0.3 is 5.97 Å². The van der Waals surface area contributed by atoms with Crippen molar-refractivity contribution >= 4 is 40.8 Å². The lowest BCUT2D eigenvalue weighted by Crippen LogP contribution is -2.12. The molecule has 126 valence electrons. The van der Waals surface area contributed by atoms with Crippen LogP contribution in [0.1, 0.15) is 25.7 Å². The third kappa shape index (κ3) is 5.55. The van der Waals surface area contributed by atoms with Crippen molar-refractivity contribution in [1.29, 1.82) is 0 Å². The maximum atomic E-state index is 12.1. The minimum atomic E-state index is -0.852. The smallest absolute Gasteiger partial charge is 0.303 e. The fraction of sp³-hybridized carbons (Fsp3) is 0.222. The van der Waals surface area contributed by atoms with Crippen LogP contribution in [0.15, 0.2) is 42.5 Å². The van der Waals surface area contributed by atoms with Crippen LogP contribution >= 0.6 is 23.2 Å². The van der Waals surface area contributed by atoms with Gasteiger partial charge in [0.15, 0.2) is 0 Å². The minimum absolute atomic E-state index is 0.0699. The van der Waals surface area contributed by atoms with Gasteiger partial charge in [-0.05, 0) is 42.7 Å². The number of hydrogen-bond donors (Lipinski definition) is 2. The number of benzene rings is 2. The SMILES string of the molecule is O=C(O)CCCCC(=O)Nc1cc(Cl)ccc1-c1ccc(Cl)cc1. The standard InChI is InChI=1S/C18H17Cl2NO3/c19-13-7-5-12(6-8-13)15-10-9-14(20)11-16(15)21-17(22)3-1-2-4-18(23)24/h5-11H,1-4H2,(H,21,22)(H,23,24). The van der Waals surface area contributed by atoms with Crippen molar-refractivity contribution in [2.45, 2.75) is 25.7 Å². The van der Waals surface area contributed by atoms with E-state index in [0.29, 0.717) is 28.6 Å². The number of carbonyl (C=O) groups excluding carboxylic acids is 1. The second-order valence-corrected chi connectivity index (χ2v) is 6.22. The molecule has 0 fully saturated rings. The Morgan fingerprint density at radius 3 is 2.21 bits per heavy atom. The summed E-state index contributed by atoms with van der Waals surface area (Å²) in [6.07, 6.45) is 1.33. The van der Waals surface area contributed by atoms with Crippen LogP contribution in [-0.4, -0.2) is 17.0 Å². The Hall–Kier alpha value is -2.04. The van der Waals surface area contributed by atoms with E-state index < -0.39 is 5.97 Å². The van der Waals surface area contributed by atoms with Gasteiger partial charge in [-0.25, -0.2) is 0 Å². The number of rotatable bonds is 7. The molecule has 2 aromatic rings. The summed E-state index contributed by atoms with van der Waals surface area (Å²) < 4.78 is 0. The normalized spacial score (nSPS) is 10.4. The van der Waals surface area contributed by atoms with E-state index in [1.807, 2.05) is 18.2 Å². The Labute approximate surface area is 150 Å². The van der Waals surface area contributed by atoms with Crippen molar-refractivity contribution < 1.29 is 14.7 Å². The number of halogens is 2. The predicted octanol–water partition coefficient (Wildman–Crippen LogP) is 5.24. The van der Waals surface area contributed by atoms with Gasteiger partial charge in [-0.3, -0.25) is 9.59 Å². The molecule has 0 aliphatic heterocycles. The molecular weight excluding hydrogens is 349 g/mol. The molecule has 24 heavy (non-hydrogen) atoms. The summed E-state index contributed by atoms with van der Waals surface area (Å²) in [6.45, 7) is 0. The highest BCUT2D eigenvalue weighted by Crippen LogP contribution is 2.31. The zero-order valence-corrected chi connectivity index (χ0v) is 14.4. The summed E-state index contributed by atoms with van der Waals surface area (Å²) in [7, 11) is 0. The van der Waals surface area contributed by atoms with Crippen LogP contribution in [0, 0.1) is 0 Å². The van der Waals surface area contributed by atoms with Gasteiger partial charge in [0.05, 0.1) is 5.69 Å². The Morgan fingerprint density at radius 2 is 1.54 bits per heavy atom. The van der Waals surface area contributed by atoms with E-state index in [-0.39, 0.29) is 18.7 Å². The summed E-state index contributed by atoms with van der Waals surface area (Å²) in [5.74, 6) is -1.02. The van der Waals surface area contributed by atoms with Crippen LogP contribution in [-0.2, 0) is 9.59 Å². The topological polar surface area (TPSA) is 66.4 Å². The van der Waals surface area contributed by atoms with Gasteiger partial charge in [-0.15, -0.1) is 0 Å². The number of aliphatic carboxylic acids is 1. The fourth-order valence-electron chi connectivity index (χ4n) is 2.28. The number of unbranched alkanes of at least 4 members (excludes halogenated alkanes) is 1. The van der Waals surface area contributed by atoms with Crippen LogP contribution < -0.4 is 5.32 Å². The van der Waals surface area contributed by atoms with Crippen molar-refractivity contribution in [3.63, 3.8) is 0 Å². The molecular formula is C18H17Cl2NO3. The molecule has 0 radical (unpaired) electrons. The average molecular weight is 366 g/mol. The van der Waals surface area contributed by atoms with Crippen LogP contribution in [0.2, 0.25) is 10.0 Å². The Morgan fingerprint density at radius 1 is 0.917 bits per heavy atom. The summed E-state index contributed by atoms with van der Waals surface area (Å²) in [6, 6.07) is 12.6. The number of carboxylic acid groups (broad SMARTS) is 1. The lowest BCUT2D eigenvalue weighted by Gasteiger charge is -2.12. The van der Waals surface area contributed by atoms with Crippen molar-refractivity contribution in [1.82, 2.24) is 0 Å². The third-order valence-corrected chi connectivity index (χ3v) is 3.94. The molecule has 1 amide bonds. The van der Waals surface area contributed by atoms with Crippen molar-refractivity contribution in [2.24, 2.45) is 0 Å². The Kier molecular flexibility index (Phi) is 6.64. The first-order valence-corrected chi connectivity index (χ1v) is 8.28. The lowest BCUT2D eigenvalue weighted by atomic mass is 10.0. The molecule has 0 aliphatic carbocycles. The van der Waals surface area contributed by atoms with Gasteiger partial charge in [0, 0.05) is 28.5 Å².